The van der Waals surface area contributed by atoms with Crippen LogP contribution in [-0.4, -0.2) is 16.8 Å². The van der Waals surface area contributed by atoms with Crippen molar-refractivity contribution in [1.29, 1.82) is 0 Å². The molecule has 22 heavy (non-hydrogen) atoms. The SMILES string of the molecule is O=C(O)CSc1ccc(Oc2ccc(C(F)(F)F)cc2)cc1. The van der Waals surface area contributed by atoms with Crippen LogP contribution in [-0.2, 0) is 11.0 Å². The van der Waals surface area contributed by atoms with E-state index in [9.17, 15) is 18.0 Å². The maximum Gasteiger partial charge on any atom is 0.416 e. The Kier molecular flexibility index (Phi) is 4.97. The predicted octanol–water partition coefficient (Wildman–Crippen LogP) is 4.67. The molecule has 0 amide bonds. The van der Waals surface area contributed by atoms with Gasteiger partial charge < -0.3 is 9.84 Å². The molecule has 2 rings (SSSR count). The number of alkyl halides is 3. The molecule has 116 valence electrons. The number of rotatable bonds is 5. The highest BCUT2D eigenvalue weighted by molar-refractivity contribution is 8.00. The van der Waals surface area contributed by atoms with Gasteiger partial charge in [-0.25, -0.2) is 0 Å². The summed E-state index contributed by atoms with van der Waals surface area (Å²) in [5, 5.41) is 8.58. The second-order valence-electron chi connectivity index (χ2n) is 4.28. The summed E-state index contributed by atoms with van der Waals surface area (Å²) >= 11 is 1.17. The Morgan fingerprint density at radius 2 is 1.50 bits per heavy atom. The molecule has 2 aromatic carbocycles. The summed E-state index contributed by atoms with van der Waals surface area (Å²) in [5.74, 6) is -0.201. The standard InChI is InChI=1S/C15H11F3O3S/c16-15(17,18)10-1-3-11(4-2-10)21-12-5-7-13(8-6-12)22-9-14(19)20/h1-8H,9H2,(H,19,20). The van der Waals surface area contributed by atoms with Crippen LogP contribution in [0.5, 0.6) is 11.5 Å². The fraction of sp³-hybridized carbons (Fsp3) is 0.133. The summed E-state index contributed by atoms with van der Waals surface area (Å²) in [6.07, 6.45) is -4.37. The molecule has 0 heterocycles. The van der Waals surface area contributed by atoms with Gasteiger partial charge in [-0.1, -0.05) is 0 Å². The number of carbonyl (C=O) groups is 1. The molecule has 0 fully saturated rings. The van der Waals surface area contributed by atoms with Crippen molar-refractivity contribution in [2.24, 2.45) is 0 Å². The van der Waals surface area contributed by atoms with Crippen LogP contribution in [0.15, 0.2) is 53.4 Å². The van der Waals surface area contributed by atoms with E-state index in [1.54, 1.807) is 24.3 Å². The quantitative estimate of drug-likeness (QED) is 0.810. The fourth-order valence-corrected chi connectivity index (χ4v) is 2.22. The number of ether oxygens (including phenoxy) is 1. The van der Waals surface area contributed by atoms with Gasteiger partial charge in [0.25, 0.3) is 0 Å². The molecule has 0 aromatic heterocycles. The van der Waals surface area contributed by atoms with E-state index in [-0.39, 0.29) is 5.75 Å². The zero-order valence-corrected chi connectivity index (χ0v) is 11.9. The van der Waals surface area contributed by atoms with E-state index in [1.807, 2.05) is 0 Å². The third kappa shape index (κ3) is 4.70. The number of benzene rings is 2. The fourth-order valence-electron chi connectivity index (χ4n) is 1.60. The highest BCUT2D eigenvalue weighted by Gasteiger charge is 2.30. The van der Waals surface area contributed by atoms with E-state index in [2.05, 4.69) is 0 Å². The van der Waals surface area contributed by atoms with Gasteiger partial charge in [-0.05, 0) is 48.5 Å². The van der Waals surface area contributed by atoms with E-state index in [0.717, 1.165) is 17.0 Å². The maximum absolute atomic E-state index is 12.4. The monoisotopic (exact) mass is 328 g/mol. The van der Waals surface area contributed by atoms with Gasteiger partial charge in [-0.2, -0.15) is 13.2 Å². The van der Waals surface area contributed by atoms with Crippen molar-refractivity contribution in [1.82, 2.24) is 0 Å². The van der Waals surface area contributed by atoms with Crippen LogP contribution in [0.4, 0.5) is 13.2 Å². The van der Waals surface area contributed by atoms with E-state index < -0.39 is 17.7 Å². The molecule has 0 saturated heterocycles. The normalized spacial score (nSPS) is 11.2. The topological polar surface area (TPSA) is 46.5 Å². The first-order chi connectivity index (χ1) is 10.3. The van der Waals surface area contributed by atoms with Gasteiger partial charge in [0.1, 0.15) is 11.5 Å². The van der Waals surface area contributed by atoms with Crippen LogP contribution in [0.3, 0.4) is 0 Å². The minimum absolute atomic E-state index is 0.0426. The molecule has 0 unspecified atom stereocenters. The number of hydrogen-bond acceptors (Lipinski definition) is 3. The summed E-state index contributed by atoms with van der Waals surface area (Å²) in [6.45, 7) is 0. The predicted molar refractivity (Wildman–Crippen MR) is 76.3 cm³/mol. The lowest BCUT2D eigenvalue weighted by Crippen LogP contribution is -2.03. The number of carboxylic acids is 1. The lowest BCUT2D eigenvalue weighted by molar-refractivity contribution is -0.137. The van der Waals surface area contributed by atoms with Crippen LogP contribution in [0, 0.1) is 0 Å². The minimum Gasteiger partial charge on any atom is -0.481 e. The Morgan fingerprint density at radius 1 is 1.00 bits per heavy atom. The molecule has 0 aliphatic carbocycles. The number of hydrogen-bond donors (Lipinski definition) is 1. The maximum atomic E-state index is 12.4. The van der Waals surface area contributed by atoms with Crippen LogP contribution in [0.25, 0.3) is 0 Å². The Hall–Kier alpha value is -2.15. The summed E-state index contributed by atoms with van der Waals surface area (Å²) < 4.78 is 42.7. The number of thioether (sulfide) groups is 1. The van der Waals surface area contributed by atoms with E-state index in [0.29, 0.717) is 11.5 Å². The zero-order valence-electron chi connectivity index (χ0n) is 11.1. The van der Waals surface area contributed by atoms with E-state index in [1.165, 1.54) is 23.9 Å². The average Bonchev–Trinajstić information content (AvgIpc) is 2.46. The van der Waals surface area contributed by atoms with Gasteiger partial charge in [-0.15, -0.1) is 11.8 Å². The van der Waals surface area contributed by atoms with Gasteiger partial charge in [0.15, 0.2) is 0 Å². The van der Waals surface area contributed by atoms with Crippen molar-refractivity contribution < 1.29 is 27.8 Å². The minimum atomic E-state index is -4.37. The number of halogens is 3. The zero-order chi connectivity index (χ0) is 16.2. The Bertz CT molecular complexity index is 637. The van der Waals surface area contributed by atoms with Crippen molar-refractivity contribution >= 4 is 17.7 Å². The first kappa shape index (κ1) is 16.2. The van der Waals surface area contributed by atoms with Gasteiger partial charge >= 0.3 is 12.1 Å². The Balaban J connectivity index is 2.00. The molecule has 0 spiro atoms. The summed E-state index contributed by atoms with van der Waals surface area (Å²) in [5.41, 5.74) is -0.736. The van der Waals surface area contributed by atoms with Gasteiger partial charge in [-0.3, -0.25) is 4.79 Å². The van der Waals surface area contributed by atoms with Gasteiger partial charge in [0, 0.05) is 4.90 Å². The van der Waals surface area contributed by atoms with Crippen LogP contribution in [0.1, 0.15) is 5.56 Å². The molecule has 3 nitrogen and oxygen atoms in total. The van der Waals surface area contributed by atoms with Crippen LogP contribution in [0.2, 0.25) is 0 Å². The molecule has 0 aliphatic heterocycles. The highest BCUT2D eigenvalue weighted by Crippen LogP contribution is 2.31. The molecule has 0 saturated carbocycles. The lowest BCUT2D eigenvalue weighted by atomic mass is 10.2. The molecule has 2 aromatic rings. The summed E-state index contributed by atoms with van der Waals surface area (Å²) in [6, 6.07) is 11.0. The van der Waals surface area contributed by atoms with Crippen molar-refractivity contribution in [3.8, 4) is 11.5 Å². The highest BCUT2D eigenvalue weighted by atomic mass is 32.2. The molecule has 0 radical (unpaired) electrons. The second kappa shape index (κ2) is 6.74. The first-order valence-corrected chi connectivity index (χ1v) is 7.13. The summed E-state index contributed by atoms with van der Waals surface area (Å²) in [7, 11) is 0. The molecule has 1 N–H and O–H groups in total. The largest absolute Gasteiger partial charge is 0.481 e. The van der Waals surface area contributed by atoms with Crippen molar-refractivity contribution in [3.63, 3.8) is 0 Å². The molecule has 0 bridgehead atoms. The average molecular weight is 328 g/mol. The third-order valence-corrected chi connectivity index (χ3v) is 3.60. The van der Waals surface area contributed by atoms with Crippen LogP contribution >= 0.6 is 11.8 Å². The Labute approximate surface area is 128 Å². The first-order valence-electron chi connectivity index (χ1n) is 6.14. The molecule has 0 aliphatic rings. The van der Waals surface area contributed by atoms with E-state index >= 15 is 0 Å². The van der Waals surface area contributed by atoms with Crippen molar-refractivity contribution in [2.75, 3.05) is 5.75 Å². The van der Waals surface area contributed by atoms with E-state index in [4.69, 9.17) is 9.84 Å². The molecular formula is C15H11F3O3S. The smallest absolute Gasteiger partial charge is 0.416 e. The van der Waals surface area contributed by atoms with Crippen molar-refractivity contribution in [3.05, 3.63) is 54.1 Å². The second-order valence-corrected chi connectivity index (χ2v) is 5.33. The lowest BCUT2D eigenvalue weighted by Gasteiger charge is -2.09. The number of carboxylic acid groups (broad SMARTS) is 1. The van der Waals surface area contributed by atoms with Gasteiger partial charge in [0.2, 0.25) is 0 Å². The molecule has 7 heteroatoms. The summed E-state index contributed by atoms with van der Waals surface area (Å²) in [4.78, 5) is 11.2. The van der Waals surface area contributed by atoms with Gasteiger partial charge in [0.05, 0.1) is 11.3 Å². The third-order valence-electron chi connectivity index (χ3n) is 2.60. The van der Waals surface area contributed by atoms with Crippen LogP contribution < -0.4 is 4.74 Å². The van der Waals surface area contributed by atoms with Crippen molar-refractivity contribution in [2.45, 2.75) is 11.1 Å². The molecular weight excluding hydrogens is 317 g/mol. The number of aliphatic carboxylic acids is 1. The Morgan fingerprint density at radius 3 is 1.95 bits per heavy atom. The molecule has 0 atom stereocenters.